The number of carbonyl (C=O) groups is 1. The molecule has 178 valence electrons. The van der Waals surface area contributed by atoms with Gasteiger partial charge in [-0.05, 0) is 24.6 Å². The van der Waals surface area contributed by atoms with E-state index in [-0.39, 0.29) is 23.9 Å². The number of anilines is 3. The normalized spacial score (nSPS) is 19.9. The molecule has 0 spiro atoms. The van der Waals surface area contributed by atoms with Crippen molar-refractivity contribution in [1.29, 1.82) is 0 Å². The van der Waals surface area contributed by atoms with Gasteiger partial charge in [0.25, 0.3) is 5.91 Å². The largest absolute Gasteiger partial charge is 0.493 e. The fourth-order valence-electron chi connectivity index (χ4n) is 4.44. The summed E-state index contributed by atoms with van der Waals surface area (Å²) in [5.41, 5.74) is 9.49. The van der Waals surface area contributed by atoms with Crippen molar-refractivity contribution in [1.82, 2.24) is 20.3 Å². The van der Waals surface area contributed by atoms with Crippen LogP contribution < -0.4 is 21.1 Å². The number of nitrogens with zero attached hydrogens (tertiary/aromatic N) is 2. The summed E-state index contributed by atoms with van der Waals surface area (Å²) in [5, 5.41) is 6.81. The summed E-state index contributed by atoms with van der Waals surface area (Å²) in [6.45, 7) is 2.17. The summed E-state index contributed by atoms with van der Waals surface area (Å²) in [6, 6.07) is 7.10. The van der Waals surface area contributed by atoms with Gasteiger partial charge < -0.3 is 35.6 Å². The standard InChI is InChI=1S/C23H25ClN6O4/c1-32-21-14(24)3-2-4-16(21)28-20-17-18(30-19(20)15-5-6-26-23(25)29-15)12(10-27-22(17)31)9-13-11-33-7-8-34-13/h2-6,12-13,28,30H,7-11H2,1H3,(H,27,31)(H2,25,26,29)/t12-,13-/m1/s1. The first kappa shape index (κ1) is 22.5. The van der Waals surface area contributed by atoms with Crippen LogP contribution >= 0.6 is 11.6 Å². The maximum absolute atomic E-state index is 13.1. The summed E-state index contributed by atoms with van der Waals surface area (Å²) >= 11 is 6.34. The van der Waals surface area contributed by atoms with Crippen LogP contribution in [0.15, 0.2) is 30.5 Å². The van der Waals surface area contributed by atoms with Crippen LogP contribution in [0.4, 0.5) is 17.3 Å². The number of aromatic amines is 1. The number of carbonyl (C=O) groups excluding carboxylic acids is 1. The number of nitrogen functional groups attached to an aromatic ring is 1. The van der Waals surface area contributed by atoms with E-state index in [1.807, 2.05) is 6.07 Å². The topological polar surface area (TPSA) is 136 Å². The maximum atomic E-state index is 13.1. The van der Waals surface area contributed by atoms with E-state index < -0.39 is 0 Å². The molecule has 2 aromatic heterocycles. The molecule has 2 aliphatic rings. The zero-order valence-electron chi connectivity index (χ0n) is 18.6. The number of hydrogen-bond donors (Lipinski definition) is 4. The lowest BCUT2D eigenvalue weighted by atomic mass is 9.91. The van der Waals surface area contributed by atoms with E-state index in [0.29, 0.717) is 71.9 Å². The Balaban J connectivity index is 1.62. The molecule has 3 aromatic rings. The van der Waals surface area contributed by atoms with Crippen molar-refractivity contribution in [3.05, 3.63) is 46.7 Å². The molecule has 11 heteroatoms. The zero-order chi connectivity index (χ0) is 23.7. The molecule has 0 aliphatic carbocycles. The second-order valence-corrected chi connectivity index (χ2v) is 8.53. The second-order valence-electron chi connectivity index (χ2n) is 8.12. The van der Waals surface area contributed by atoms with Crippen LogP contribution in [0.3, 0.4) is 0 Å². The summed E-state index contributed by atoms with van der Waals surface area (Å²) in [4.78, 5) is 24.9. The predicted molar refractivity (Wildman–Crippen MR) is 128 cm³/mol. The molecule has 5 N–H and O–H groups in total. The van der Waals surface area contributed by atoms with Gasteiger partial charge in [0.05, 0.1) is 66.4 Å². The number of rotatable bonds is 6. The summed E-state index contributed by atoms with van der Waals surface area (Å²) in [7, 11) is 1.54. The first-order chi connectivity index (χ1) is 16.5. The molecule has 1 fully saturated rings. The first-order valence-electron chi connectivity index (χ1n) is 11.0. The summed E-state index contributed by atoms with van der Waals surface area (Å²) in [5.74, 6) is 0.395. The molecule has 5 rings (SSSR count). The highest BCUT2D eigenvalue weighted by molar-refractivity contribution is 6.32. The molecule has 2 atom stereocenters. The molecule has 1 saturated heterocycles. The Morgan fingerprint density at radius 3 is 2.97 bits per heavy atom. The number of nitrogens with two attached hydrogens (primary N) is 1. The van der Waals surface area contributed by atoms with Gasteiger partial charge in [-0.25, -0.2) is 9.97 Å². The van der Waals surface area contributed by atoms with E-state index in [1.165, 1.54) is 0 Å². The predicted octanol–water partition coefficient (Wildman–Crippen LogP) is 3.09. The average Bonchev–Trinajstić information content (AvgIpc) is 3.22. The molecule has 0 saturated carbocycles. The Morgan fingerprint density at radius 2 is 2.21 bits per heavy atom. The van der Waals surface area contributed by atoms with Crippen LogP contribution in [0, 0.1) is 0 Å². The Kier molecular flexibility index (Phi) is 6.27. The van der Waals surface area contributed by atoms with Crippen molar-refractivity contribution in [2.45, 2.75) is 18.4 Å². The van der Waals surface area contributed by atoms with Crippen molar-refractivity contribution in [3.63, 3.8) is 0 Å². The van der Waals surface area contributed by atoms with Crippen LogP contribution in [0.1, 0.15) is 28.4 Å². The van der Waals surface area contributed by atoms with E-state index in [9.17, 15) is 4.79 Å². The molecule has 10 nitrogen and oxygen atoms in total. The second kappa shape index (κ2) is 9.49. The number of hydrogen-bond acceptors (Lipinski definition) is 8. The molecule has 0 unspecified atom stereocenters. The lowest BCUT2D eigenvalue weighted by Crippen LogP contribution is -2.38. The SMILES string of the molecule is COc1c(Cl)cccc1Nc1c(-c2ccnc(N)n2)[nH]c2c1C(=O)NC[C@H]2C[C@@H]1COCCO1. The third-order valence-electron chi connectivity index (χ3n) is 5.97. The minimum atomic E-state index is -0.194. The number of halogens is 1. The quantitative estimate of drug-likeness (QED) is 0.419. The Hall–Kier alpha value is -3.34. The number of methoxy groups -OCH3 is 1. The average molecular weight is 485 g/mol. The van der Waals surface area contributed by atoms with Gasteiger partial charge in [-0.3, -0.25) is 4.79 Å². The van der Waals surface area contributed by atoms with Gasteiger partial charge in [0.1, 0.15) is 0 Å². The minimum absolute atomic E-state index is 0.00542. The number of para-hydroxylation sites is 1. The van der Waals surface area contributed by atoms with E-state index >= 15 is 0 Å². The first-order valence-corrected chi connectivity index (χ1v) is 11.3. The molecule has 1 amide bonds. The Morgan fingerprint density at radius 1 is 1.32 bits per heavy atom. The number of amides is 1. The molecule has 1 aromatic carbocycles. The van der Waals surface area contributed by atoms with Crippen molar-refractivity contribution in [2.75, 3.05) is 44.5 Å². The number of ether oxygens (including phenoxy) is 3. The van der Waals surface area contributed by atoms with Crippen molar-refractivity contribution < 1.29 is 19.0 Å². The molecule has 4 heterocycles. The number of benzene rings is 1. The van der Waals surface area contributed by atoms with Crippen LogP contribution in [-0.4, -0.2) is 60.4 Å². The highest BCUT2D eigenvalue weighted by atomic mass is 35.5. The molecular formula is C23H25ClN6O4. The number of fused-ring (bicyclic) bond motifs is 1. The molecule has 0 bridgehead atoms. The third kappa shape index (κ3) is 4.27. The van der Waals surface area contributed by atoms with Crippen molar-refractivity contribution in [2.24, 2.45) is 0 Å². The Bertz CT molecular complexity index is 1210. The summed E-state index contributed by atoms with van der Waals surface area (Å²) < 4.78 is 16.9. The van der Waals surface area contributed by atoms with E-state index in [2.05, 4.69) is 25.6 Å². The molecular weight excluding hydrogens is 460 g/mol. The van der Waals surface area contributed by atoms with E-state index in [4.69, 9.17) is 31.5 Å². The lowest BCUT2D eigenvalue weighted by Gasteiger charge is -2.29. The van der Waals surface area contributed by atoms with Gasteiger partial charge in [0.15, 0.2) is 5.75 Å². The smallest absolute Gasteiger partial charge is 0.255 e. The fraction of sp³-hybridized carbons (Fsp3) is 0.348. The molecule has 0 radical (unpaired) electrons. The van der Waals surface area contributed by atoms with Crippen LogP contribution in [0.2, 0.25) is 5.02 Å². The Labute approximate surface area is 201 Å². The van der Waals surface area contributed by atoms with Crippen molar-refractivity contribution >= 4 is 34.8 Å². The van der Waals surface area contributed by atoms with Crippen LogP contribution in [0.25, 0.3) is 11.4 Å². The van der Waals surface area contributed by atoms with Crippen LogP contribution in [0.5, 0.6) is 5.75 Å². The molecule has 34 heavy (non-hydrogen) atoms. The molecule has 2 aliphatic heterocycles. The minimum Gasteiger partial charge on any atom is -0.493 e. The third-order valence-corrected chi connectivity index (χ3v) is 6.26. The summed E-state index contributed by atoms with van der Waals surface area (Å²) in [6.07, 6.45) is 2.22. The van der Waals surface area contributed by atoms with Crippen molar-refractivity contribution in [3.8, 4) is 17.1 Å². The monoisotopic (exact) mass is 484 g/mol. The number of H-pyrrole nitrogens is 1. The van der Waals surface area contributed by atoms with Crippen LogP contribution in [-0.2, 0) is 9.47 Å². The van der Waals surface area contributed by atoms with E-state index in [1.54, 1.807) is 31.5 Å². The van der Waals surface area contributed by atoms with Gasteiger partial charge in [-0.15, -0.1) is 0 Å². The van der Waals surface area contributed by atoms with Gasteiger partial charge >= 0.3 is 0 Å². The lowest BCUT2D eigenvalue weighted by molar-refractivity contribution is -0.0928. The fourth-order valence-corrected chi connectivity index (χ4v) is 4.69. The number of aromatic nitrogens is 3. The highest BCUT2D eigenvalue weighted by Gasteiger charge is 2.35. The number of nitrogens with one attached hydrogen (secondary N) is 3. The maximum Gasteiger partial charge on any atom is 0.255 e. The van der Waals surface area contributed by atoms with Gasteiger partial charge in [-0.1, -0.05) is 17.7 Å². The van der Waals surface area contributed by atoms with Gasteiger partial charge in [0.2, 0.25) is 5.95 Å². The highest BCUT2D eigenvalue weighted by Crippen LogP contribution is 2.43. The zero-order valence-corrected chi connectivity index (χ0v) is 19.3. The van der Waals surface area contributed by atoms with E-state index in [0.717, 1.165) is 5.69 Å². The van der Waals surface area contributed by atoms with Gasteiger partial charge in [0, 0.05) is 24.4 Å². The van der Waals surface area contributed by atoms with Gasteiger partial charge in [-0.2, -0.15) is 0 Å².